The summed E-state index contributed by atoms with van der Waals surface area (Å²) in [7, 11) is 0. The van der Waals surface area contributed by atoms with Gasteiger partial charge >= 0.3 is 0 Å². The van der Waals surface area contributed by atoms with E-state index in [2.05, 4.69) is 15.5 Å². The maximum atomic E-state index is 5.22. The Bertz CT molecular complexity index is 481. The van der Waals surface area contributed by atoms with E-state index in [1.165, 1.54) is 23.1 Å². The number of rotatable bonds is 2. The molecule has 1 heterocycles. The summed E-state index contributed by atoms with van der Waals surface area (Å²) in [6, 6.07) is 9.83. The molecule has 16 heavy (non-hydrogen) atoms. The zero-order valence-electron chi connectivity index (χ0n) is 8.51. The van der Waals surface area contributed by atoms with Crippen LogP contribution >= 0.6 is 35.3 Å². The first kappa shape index (κ1) is 11.5. The van der Waals surface area contributed by atoms with E-state index in [0.717, 1.165) is 15.0 Å². The summed E-state index contributed by atoms with van der Waals surface area (Å²) in [6.07, 6.45) is 0. The molecule has 0 fully saturated rings. The minimum atomic E-state index is 0.683. The second-order valence-corrected chi connectivity index (χ2v) is 6.07. The van der Waals surface area contributed by atoms with Gasteiger partial charge in [-0.15, -0.1) is 10.2 Å². The van der Waals surface area contributed by atoms with Crippen LogP contribution in [0.3, 0.4) is 0 Å². The van der Waals surface area contributed by atoms with Crippen molar-refractivity contribution >= 4 is 45.3 Å². The van der Waals surface area contributed by atoms with Crippen molar-refractivity contribution < 1.29 is 0 Å². The molecule has 0 spiro atoms. The molecule has 2 rings (SSSR count). The lowest BCUT2D eigenvalue weighted by molar-refractivity contribution is 0.986. The van der Waals surface area contributed by atoms with E-state index in [4.69, 9.17) is 12.2 Å². The number of hydrogen-bond donors (Lipinski definition) is 1. The standard InChI is InChI=1S/C10H9N3S3/c1-7-12-13-10(15-7)16-9(14)11-8-5-3-2-4-6-8/h2-6H,1H3,(H,11,14). The fraction of sp³-hybridized carbons (Fsp3) is 0.100. The highest BCUT2D eigenvalue weighted by Gasteiger charge is 2.05. The monoisotopic (exact) mass is 267 g/mol. The number of thiocarbonyl (C=S) groups is 1. The molecular weight excluding hydrogens is 258 g/mol. The predicted molar refractivity (Wildman–Crippen MR) is 73.2 cm³/mol. The van der Waals surface area contributed by atoms with Crippen LogP contribution in [-0.2, 0) is 0 Å². The summed E-state index contributed by atoms with van der Waals surface area (Å²) in [4.78, 5) is 0. The van der Waals surface area contributed by atoms with Gasteiger partial charge in [-0.25, -0.2) is 0 Å². The lowest BCUT2D eigenvalue weighted by atomic mass is 10.3. The van der Waals surface area contributed by atoms with E-state index in [-0.39, 0.29) is 0 Å². The fourth-order valence-corrected chi connectivity index (χ4v) is 3.18. The molecule has 0 aliphatic heterocycles. The number of hydrogen-bond acceptors (Lipinski definition) is 5. The Morgan fingerprint density at radius 2 is 2.06 bits per heavy atom. The zero-order chi connectivity index (χ0) is 11.4. The summed E-state index contributed by atoms with van der Waals surface area (Å²) in [5, 5.41) is 12.0. The van der Waals surface area contributed by atoms with Crippen LogP contribution in [0.5, 0.6) is 0 Å². The second-order valence-electron chi connectivity index (χ2n) is 2.97. The molecule has 0 radical (unpaired) electrons. The molecule has 0 atom stereocenters. The molecule has 1 aromatic heterocycles. The molecule has 0 unspecified atom stereocenters. The first-order valence-corrected chi connectivity index (χ1v) is 6.62. The Kier molecular flexibility index (Phi) is 3.87. The number of para-hydroxylation sites is 1. The van der Waals surface area contributed by atoms with E-state index in [0.29, 0.717) is 4.32 Å². The van der Waals surface area contributed by atoms with Gasteiger partial charge in [0.2, 0.25) is 0 Å². The van der Waals surface area contributed by atoms with Crippen LogP contribution in [0, 0.1) is 6.92 Å². The van der Waals surface area contributed by atoms with Crippen LogP contribution in [0.25, 0.3) is 0 Å². The normalized spacial score (nSPS) is 10.1. The quantitative estimate of drug-likeness (QED) is 0.667. The minimum absolute atomic E-state index is 0.683. The van der Waals surface area contributed by atoms with Gasteiger partial charge < -0.3 is 5.32 Å². The molecular formula is C10H9N3S3. The van der Waals surface area contributed by atoms with Crippen LogP contribution in [0.4, 0.5) is 5.69 Å². The van der Waals surface area contributed by atoms with Crippen molar-refractivity contribution in [1.82, 2.24) is 10.2 Å². The highest BCUT2D eigenvalue weighted by atomic mass is 32.2. The van der Waals surface area contributed by atoms with Crippen LogP contribution < -0.4 is 5.32 Å². The molecule has 0 aliphatic rings. The van der Waals surface area contributed by atoms with Gasteiger partial charge in [0.05, 0.1) is 0 Å². The average Bonchev–Trinajstić information content (AvgIpc) is 2.65. The lowest BCUT2D eigenvalue weighted by Gasteiger charge is -2.04. The molecule has 1 aromatic carbocycles. The van der Waals surface area contributed by atoms with Gasteiger partial charge in [-0.3, -0.25) is 0 Å². The summed E-state index contributed by atoms with van der Waals surface area (Å²) in [5.74, 6) is 0. The van der Waals surface area contributed by atoms with Crippen LogP contribution in [0.1, 0.15) is 5.01 Å². The third-order valence-electron chi connectivity index (χ3n) is 1.71. The highest BCUT2D eigenvalue weighted by Crippen LogP contribution is 2.24. The number of anilines is 1. The third-order valence-corrected chi connectivity index (χ3v) is 3.74. The van der Waals surface area contributed by atoms with Gasteiger partial charge in [0.25, 0.3) is 0 Å². The number of nitrogens with zero attached hydrogens (tertiary/aromatic N) is 2. The maximum Gasteiger partial charge on any atom is 0.181 e. The number of benzene rings is 1. The molecule has 3 nitrogen and oxygen atoms in total. The molecule has 0 saturated carbocycles. The highest BCUT2D eigenvalue weighted by molar-refractivity contribution is 8.24. The molecule has 2 aromatic rings. The SMILES string of the molecule is Cc1nnc(SC(=S)Nc2ccccc2)s1. The van der Waals surface area contributed by atoms with Gasteiger partial charge in [-0.2, -0.15) is 0 Å². The second kappa shape index (κ2) is 5.38. The summed E-state index contributed by atoms with van der Waals surface area (Å²) >= 11 is 8.18. The van der Waals surface area contributed by atoms with Crippen molar-refractivity contribution in [2.75, 3.05) is 5.32 Å². The molecule has 0 amide bonds. The van der Waals surface area contributed by atoms with E-state index in [9.17, 15) is 0 Å². The molecule has 1 N–H and O–H groups in total. The fourth-order valence-electron chi connectivity index (χ4n) is 1.06. The molecule has 0 aliphatic carbocycles. The van der Waals surface area contributed by atoms with Crippen molar-refractivity contribution in [3.8, 4) is 0 Å². The van der Waals surface area contributed by atoms with E-state index < -0.39 is 0 Å². The van der Waals surface area contributed by atoms with Gasteiger partial charge in [-0.1, -0.05) is 41.8 Å². The summed E-state index contributed by atoms with van der Waals surface area (Å²) in [5.41, 5.74) is 0.987. The number of aryl methyl sites for hydroxylation is 1. The molecule has 0 saturated heterocycles. The Morgan fingerprint density at radius 1 is 1.31 bits per heavy atom. The number of nitrogens with one attached hydrogen (secondary N) is 1. The zero-order valence-corrected chi connectivity index (χ0v) is 11.0. The van der Waals surface area contributed by atoms with Gasteiger partial charge in [0.15, 0.2) is 4.34 Å². The van der Waals surface area contributed by atoms with Crippen molar-refractivity contribution in [2.45, 2.75) is 11.3 Å². The Balaban J connectivity index is 1.95. The average molecular weight is 267 g/mol. The summed E-state index contributed by atoms with van der Waals surface area (Å²) < 4.78 is 1.55. The van der Waals surface area contributed by atoms with Crippen molar-refractivity contribution in [1.29, 1.82) is 0 Å². The molecule has 0 bridgehead atoms. The minimum Gasteiger partial charge on any atom is -0.341 e. The molecule has 6 heteroatoms. The van der Waals surface area contributed by atoms with Crippen LogP contribution in [0.2, 0.25) is 0 Å². The van der Waals surface area contributed by atoms with E-state index >= 15 is 0 Å². The van der Waals surface area contributed by atoms with Crippen molar-refractivity contribution in [2.24, 2.45) is 0 Å². The largest absolute Gasteiger partial charge is 0.341 e. The van der Waals surface area contributed by atoms with Gasteiger partial charge in [0.1, 0.15) is 9.33 Å². The van der Waals surface area contributed by atoms with E-state index in [1.54, 1.807) is 0 Å². The lowest BCUT2D eigenvalue weighted by Crippen LogP contribution is -2.03. The first-order valence-electron chi connectivity index (χ1n) is 4.58. The van der Waals surface area contributed by atoms with Gasteiger partial charge in [0, 0.05) is 5.69 Å². The predicted octanol–water partition coefficient (Wildman–Crippen LogP) is 3.34. The Labute approximate surface area is 107 Å². The molecule has 82 valence electrons. The Morgan fingerprint density at radius 3 is 2.69 bits per heavy atom. The van der Waals surface area contributed by atoms with Crippen molar-refractivity contribution in [3.63, 3.8) is 0 Å². The van der Waals surface area contributed by atoms with E-state index in [1.807, 2.05) is 37.3 Å². The topological polar surface area (TPSA) is 37.8 Å². The number of aromatic nitrogens is 2. The maximum absolute atomic E-state index is 5.22. The van der Waals surface area contributed by atoms with Crippen LogP contribution in [-0.4, -0.2) is 14.5 Å². The smallest absolute Gasteiger partial charge is 0.181 e. The number of thioether (sulfide) groups is 1. The van der Waals surface area contributed by atoms with Crippen molar-refractivity contribution in [3.05, 3.63) is 35.3 Å². The first-order chi connectivity index (χ1) is 7.74. The van der Waals surface area contributed by atoms with Crippen LogP contribution in [0.15, 0.2) is 34.7 Å². The third kappa shape index (κ3) is 3.26. The Hall–Kier alpha value is -0.980. The van der Waals surface area contributed by atoms with Gasteiger partial charge in [-0.05, 0) is 30.8 Å². The summed E-state index contributed by atoms with van der Waals surface area (Å²) in [6.45, 7) is 1.93.